The summed E-state index contributed by atoms with van der Waals surface area (Å²) < 4.78 is 0. The number of thiol groups is 1. The van der Waals surface area contributed by atoms with Crippen molar-refractivity contribution in [3.63, 3.8) is 0 Å². The van der Waals surface area contributed by atoms with Crippen molar-refractivity contribution in [2.24, 2.45) is 0 Å². The lowest BCUT2D eigenvalue weighted by Crippen LogP contribution is -1.83. The van der Waals surface area contributed by atoms with Gasteiger partial charge in [0.05, 0.1) is 0 Å². The summed E-state index contributed by atoms with van der Waals surface area (Å²) in [7, 11) is 0. The van der Waals surface area contributed by atoms with E-state index in [1.807, 2.05) is 0 Å². The molecular weight excluding hydrogens is 251 g/mol. The first-order valence-corrected chi connectivity index (χ1v) is 9.66. The second kappa shape index (κ2) is 18.4. The fourth-order valence-corrected chi connectivity index (χ4v) is 2.88. The van der Waals surface area contributed by atoms with Crippen LogP contribution in [-0.2, 0) is 0 Å². The highest BCUT2D eigenvalue weighted by Crippen LogP contribution is 2.13. The summed E-state index contributed by atoms with van der Waals surface area (Å²) in [4.78, 5) is 0. The molecule has 0 aromatic carbocycles. The lowest BCUT2D eigenvalue weighted by Gasteiger charge is -2.03. The van der Waals surface area contributed by atoms with Gasteiger partial charge < -0.3 is 0 Å². The average Bonchev–Trinajstić information content (AvgIpc) is 2.43. The molecule has 0 aliphatic rings. The predicted molar refractivity (Wildman–Crippen MR) is 93.4 cm³/mol. The fourth-order valence-electron chi connectivity index (χ4n) is 2.66. The van der Waals surface area contributed by atoms with Crippen LogP contribution >= 0.6 is 12.6 Å². The summed E-state index contributed by atoms with van der Waals surface area (Å²) in [6.07, 6.45) is 23.1. The number of hydrogen-bond acceptors (Lipinski definition) is 1. The Morgan fingerprint density at radius 3 is 0.947 bits per heavy atom. The number of rotatable bonds is 16. The van der Waals surface area contributed by atoms with Crippen molar-refractivity contribution >= 4 is 12.6 Å². The minimum absolute atomic E-state index is 1.07. The quantitative estimate of drug-likeness (QED) is 0.226. The van der Waals surface area contributed by atoms with Gasteiger partial charge in [0.15, 0.2) is 0 Å². The Labute approximate surface area is 128 Å². The molecule has 0 bridgehead atoms. The third kappa shape index (κ3) is 18.4. The van der Waals surface area contributed by atoms with Crippen LogP contribution in [0.15, 0.2) is 0 Å². The first kappa shape index (κ1) is 19.4. The molecule has 0 radical (unpaired) electrons. The molecule has 0 aromatic rings. The Kier molecular flexibility index (Phi) is 18.7. The molecule has 0 aliphatic heterocycles. The van der Waals surface area contributed by atoms with Gasteiger partial charge in [0.25, 0.3) is 0 Å². The molecule has 0 unspecified atom stereocenters. The third-order valence-corrected chi connectivity index (χ3v) is 4.33. The van der Waals surface area contributed by atoms with Crippen molar-refractivity contribution in [3.05, 3.63) is 0 Å². The van der Waals surface area contributed by atoms with E-state index in [0.29, 0.717) is 0 Å². The highest BCUT2D eigenvalue weighted by atomic mass is 35.0. The Morgan fingerprint density at radius 1 is 0.421 bits per heavy atom. The van der Waals surface area contributed by atoms with Crippen LogP contribution in [0.3, 0.4) is 0 Å². The second-order valence-corrected chi connectivity index (χ2v) is 6.47. The summed E-state index contributed by atoms with van der Waals surface area (Å²) in [5.74, 6) is 1.07. The Morgan fingerprint density at radius 2 is 0.684 bits per heavy atom. The highest BCUT2D eigenvalue weighted by molar-refractivity contribution is 7.80. The van der Waals surface area contributed by atoms with Crippen LogP contribution < -0.4 is 0 Å². The van der Waals surface area contributed by atoms with Gasteiger partial charge in [0.2, 0.25) is 0 Å². The zero-order valence-corrected chi connectivity index (χ0v) is 14.4. The molecule has 0 aliphatic carbocycles. The molecule has 0 fully saturated rings. The van der Waals surface area contributed by atoms with Gasteiger partial charge in [0.1, 0.15) is 0 Å². The Bertz CT molecular complexity index is 129. The van der Waals surface area contributed by atoms with Gasteiger partial charge in [-0.3, -0.25) is 0 Å². The van der Waals surface area contributed by atoms with Gasteiger partial charge in [0, 0.05) is 0 Å². The van der Waals surface area contributed by atoms with Crippen molar-refractivity contribution in [2.45, 2.75) is 110 Å². The molecule has 0 nitrogen and oxygen atoms in total. The van der Waals surface area contributed by atoms with Crippen LogP contribution in [0.2, 0.25) is 0 Å². The van der Waals surface area contributed by atoms with E-state index in [4.69, 9.17) is 0 Å². The molecule has 1 heteroatoms. The Balaban J connectivity index is 2.88. The monoisotopic (exact) mass is 289 g/mol. The van der Waals surface area contributed by atoms with Crippen LogP contribution in [0, 0.1) is 0 Å². The largest absolute Gasteiger partial charge is 0.179 e. The van der Waals surface area contributed by atoms with Gasteiger partial charge in [-0.15, -0.1) is 0 Å². The van der Waals surface area contributed by atoms with E-state index in [1.165, 1.54) is 103 Å². The molecule has 0 saturated carbocycles. The maximum absolute atomic E-state index is 4.24. The Hall–Kier alpha value is 0.350. The van der Waals surface area contributed by atoms with Crippen LogP contribution in [0.25, 0.3) is 0 Å². The lowest BCUT2D eigenvalue weighted by molar-refractivity contribution is 0.532. The topological polar surface area (TPSA) is 0 Å². The smallest absolute Gasteiger partial charge is 0.00979 e. The molecule has 0 aromatic heterocycles. The summed E-state index contributed by atoms with van der Waals surface area (Å²) >= 11 is 4.24. The standard InChI is InChI=1S/C18H38S/c1-2-3-4-5-6-7-8-9-10-11-12-13-14-15-16-17-18-19/h19H,2-18H2,1H3/i19+3. The lowest BCUT2D eigenvalue weighted by atomic mass is 10.0. The van der Waals surface area contributed by atoms with Crippen molar-refractivity contribution < 1.29 is 0 Å². The fraction of sp³-hybridized carbons (Fsp3) is 1.00. The van der Waals surface area contributed by atoms with Gasteiger partial charge in [-0.1, -0.05) is 103 Å². The predicted octanol–water partition coefficient (Wildman–Crippen LogP) is 7.18. The zero-order chi connectivity index (χ0) is 14.0. The van der Waals surface area contributed by atoms with Gasteiger partial charge >= 0.3 is 0 Å². The normalized spacial score (nSPS) is 11.1. The van der Waals surface area contributed by atoms with Crippen molar-refractivity contribution in [3.8, 4) is 0 Å². The minimum Gasteiger partial charge on any atom is -0.179 e. The maximum Gasteiger partial charge on any atom is -0.00979 e. The van der Waals surface area contributed by atoms with Crippen LogP contribution in [0.1, 0.15) is 110 Å². The zero-order valence-electron chi connectivity index (χ0n) is 13.5. The molecule has 0 rings (SSSR count). The average molecular weight is 289 g/mol. The molecule has 19 heavy (non-hydrogen) atoms. The molecule has 0 heterocycles. The molecule has 0 atom stereocenters. The summed E-state index contributed by atoms with van der Waals surface area (Å²) in [5, 5.41) is 0. The van der Waals surface area contributed by atoms with E-state index < -0.39 is 0 Å². The van der Waals surface area contributed by atoms with Gasteiger partial charge in [-0.25, -0.2) is 0 Å². The van der Waals surface area contributed by atoms with Crippen LogP contribution in [0.5, 0.6) is 0 Å². The van der Waals surface area contributed by atoms with Crippen LogP contribution in [0.4, 0.5) is 0 Å². The first-order chi connectivity index (χ1) is 9.41. The molecule has 0 amide bonds. The van der Waals surface area contributed by atoms with Crippen molar-refractivity contribution in [1.82, 2.24) is 0 Å². The summed E-state index contributed by atoms with van der Waals surface area (Å²) in [6.45, 7) is 2.29. The molecule has 116 valence electrons. The van der Waals surface area contributed by atoms with E-state index in [-0.39, 0.29) is 0 Å². The molecule has 0 spiro atoms. The van der Waals surface area contributed by atoms with E-state index in [9.17, 15) is 0 Å². The van der Waals surface area contributed by atoms with E-state index in [2.05, 4.69) is 19.6 Å². The highest BCUT2D eigenvalue weighted by Gasteiger charge is 1.94. The van der Waals surface area contributed by atoms with Gasteiger partial charge in [-0.05, 0) is 12.2 Å². The van der Waals surface area contributed by atoms with Crippen LogP contribution in [-0.4, -0.2) is 5.75 Å². The van der Waals surface area contributed by atoms with Crippen molar-refractivity contribution in [2.75, 3.05) is 5.75 Å². The molecule has 0 saturated heterocycles. The summed E-state index contributed by atoms with van der Waals surface area (Å²) in [5.41, 5.74) is 0. The first-order valence-electron chi connectivity index (χ1n) is 9.02. The van der Waals surface area contributed by atoms with E-state index >= 15 is 0 Å². The number of hydrogen-bond donors (Lipinski definition) is 1. The summed E-state index contributed by atoms with van der Waals surface area (Å²) in [6, 6.07) is 0. The van der Waals surface area contributed by atoms with Crippen molar-refractivity contribution in [1.29, 1.82) is 0 Å². The minimum atomic E-state index is 1.07. The van der Waals surface area contributed by atoms with Gasteiger partial charge in [-0.2, -0.15) is 12.6 Å². The van der Waals surface area contributed by atoms with E-state index in [1.54, 1.807) is 0 Å². The SMILES string of the molecule is CCCCCCCCCCCCCCCCCC[35SH]. The van der Waals surface area contributed by atoms with E-state index in [0.717, 1.165) is 5.75 Å². The molecule has 0 N–H and O–H groups in total. The maximum atomic E-state index is 4.24. The molecular formula is C18H38S. The third-order valence-electron chi connectivity index (χ3n) is 4.01. The number of unbranched alkanes of at least 4 members (excludes halogenated alkanes) is 15. The second-order valence-electron chi connectivity index (χ2n) is 6.03.